The molecule has 3 nitrogen and oxygen atoms in total. The largest absolute Gasteiger partial charge is 0.496 e. The monoisotopic (exact) mass is 252 g/mol. The van der Waals surface area contributed by atoms with Crippen molar-refractivity contribution in [2.75, 3.05) is 7.11 Å². The minimum atomic E-state index is -0.121. The fourth-order valence-electron chi connectivity index (χ4n) is 2.19. The number of hydrogen-bond acceptors (Lipinski definition) is 3. The van der Waals surface area contributed by atoms with Gasteiger partial charge in [-0.3, -0.25) is 4.79 Å². The Kier molecular flexibility index (Phi) is 2.80. The summed E-state index contributed by atoms with van der Waals surface area (Å²) in [4.78, 5) is 12.4. The molecule has 0 aliphatic heterocycles. The molecule has 19 heavy (non-hydrogen) atoms. The molecule has 0 N–H and O–H groups in total. The van der Waals surface area contributed by atoms with Gasteiger partial charge in [0.2, 0.25) is 5.78 Å². The Morgan fingerprint density at radius 3 is 2.47 bits per heavy atom. The van der Waals surface area contributed by atoms with Crippen molar-refractivity contribution < 1.29 is 13.9 Å². The molecule has 0 atom stereocenters. The molecule has 0 aliphatic rings. The Balaban J connectivity index is 2.23. The highest BCUT2D eigenvalue weighted by Gasteiger charge is 2.16. The first-order chi connectivity index (χ1) is 9.31. The van der Waals surface area contributed by atoms with E-state index in [-0.39, 0.29) is 5.78 Å². The van der Waals surface area contributed by atoms with Crippen molar-refractivity contribution in [3.05, 3.63) is 66.1 Å². The third-order valence-electron chi connectivity index (χ3n) is 3.09. The van der Waals surface area contributed by atoms with Crippen LogP contribution in [-0.2, 0) is 0 Å². The van der Waals surface area contributed by atoms with Gasteiger partial charge >= 0.3 is 0 Å². The number of ether oxygens (including phenoxy) is 1. The highest BCUT2D eigenvalue weighted by Crippen LogP contribution is 2.29. The molecule has 0 spiro atoms. The first-order valence-electron chi connectivity index (χ1n) is 5.95. The van der Waals surface area contributed by atoms with E-state index in [1.165, 1.54) is 6.26 Å². The third kappa shape index (κ3) is 1.89. The second-order valence-corrected chi connectivity index (χ2v) is 4.17. The molecule has 0 bridgehead atoms. The Morgan fingerprint density at radius 2 is 1.79 bits per heavy atom. The Hall–Kier alpha value is -2.55. The minimum Gasteiger partial charge on any atom is -0.496 e. The number of hydrogen-bond donors (Lipinski definition) is 0. The smallest absolute Gasteiger partial charge is 0.228 e. The van der Waals surface area contributed by atoms with Crippen LogP contribution in [0.2, 0.25) is 0 Å². The maximum atomic E-state index is 12.4. The zero-order chi connectivity index (χ0) is 13.2. The molecular formula is C16H12O3. The van der Waals surface area contributed by atoms with Crippen molar-refractivity contribution in [2.45, 2.75) is 0 Å². The van der Waals surface area contributed by atoms with Crippen LogP contribution in [0.4, 0.5) is 0 Å². The van der Waals surface area contributed by atoms with Crippen molar-refractivity contribution in [3.63, 3.8) is 0 Å². The van der Waals surface area contributed by atoms with Crippen LogP contribution in [-0.4, -0.2) is 12.9 Å². The Labute approximate surface area is 110 Å². The lowest BCUT2D eigenvalue weighted by molar-refractivity contribution is 0.101. The molecule has 3 rings (SSSR count). The van der Waals surface area contributed by atoms with E-state index in [9.17, 15) is 4.79 Å². The summed E-state index contributed by atoms with van der Waals surface area (Å²) in [6.07, 6.45) is 1.50. The van der Waals surface area contributed by atoms with Crippen LogP contribution in [0.3, 0.4) is 0 Å². The Morgan fingerprint density at radius 1 is 1.00 bits per heavy atom. The topological polar surface area (TPSA) is 39.4 Å². The molecule has 3 heteroatoms. The van der Waals surface area contributed by atoms with E-state index in [1.807, 2.05) is 24.3 Å². The highest BCUT2D eigenvalue weighted by molar-refractivity contribution is 6.16. The van der Waals surface area contributed by atoms with Gasteiger partial charge in [0.25, 0.3) is 0 Å². The molecule has 0 radical (unpaired) electrons. The maximum absolute atomic E-state index is 12.4. The lowest BCUT2D eigenvalue weighted by atomic mass is 9.99. The first kappa shape index (κ1) is 11.5. The summed E-state index contributed by atoms with van der Waals surface area (Å²) in [5, 5.41) is 1.78. The standard InChI is InChI=1S/C16H12O3/c1-18-14-9-8-13(11-5-2-3-6-12(11)14)16(17)15-7-4-10-19-15/h2-10H,1H3. The van der Waals surface area contributed by atoms with Gasteiger partial charge in [-0.1, -0.05) is 24.3 Å². The van der Waals surface area contributed by atoms with Crippen LogP contribution < -0.4 is 4.74 Å². The van der Waals surface area contributed by atoms with Crippen LogP contribution in [0.15, 0.2) is 59.2 Å². The van der Waals surface area contributed by atoms with E-state index < -0.39 is 0 Å². The zero-order valence-corrected chi connectivity index (χ0v) is 10.4. The van der Waals surface area contributed by atoms with Gasteiger partial charge in [0.1, 0.15) is 5.75 Å². The second-order valence-electron chi connectivity index (χ2n) is 4.17. The van der Waals surface area contributed by atoms with Crippen molar-refractivity contribution in [3.8, 4) is 5.75 Å². The van der Waals surface area contributed by atoms with Crippen LogP contribution in [0.5, 0.6) is 5.75 Å². The van der Waals surface area contributed by atoms with Gasteiger partial charge in [0, 0.05) is 10.9 Å². The highest BCUT2D eigenvalue weighted by atomic mass is 16.5. The minimum absolute atomic E-state index is 0.121. The van der Waals surface area contributed by atoms with Gasteiger partial charge in [-0.2, -0.15) is 0 Å². The molecular weight excluding hydrogens is 240 g/mol. The van der Waals surface area contributed by atoms with Gasteiger partial charge in [0.05, 0.1) is 13.4 Å². The van der Waals surface area contributed by atoms with Crippen molar-refractivity contribution in [1.29, 1.82) is 0 Å². The van der Waals surface area contributed by atoms with Crippen LogP contribution in [0.25, 0.3) is 10.8 Å². The molecule has 0 aliphatic carbocycles. The molecule has 0 saturated carbocycles. The summed E-state index contributed by atoms with van der Waals surface area (Å²) >= 11 is 0. The summed E-state index contributed by atoms with van der Waals surface area (Å²) in [7, 11) is 1.62. The number of benzene rings is 2. The predicted octanol–water partition coefficient (Wildman–Crippen LogP) is 3.67. The molecule has 94 valence electrons. The van der Waals surface area contributed by atoms with Gasteiger partial charge in [-0.25, -0.2) is 0 Å². The molecule has 0 saturated heterocycles. The second kappa shape index (κ2) is 4.61. The molecule has 1 heterocycles. The van der Waals surface area contributed by atoms with Crippen molar-refractivity contribution in [1.82, 2.24) is 0 Å². The van der Waals surface area contributed by atoms with Crippen LogP contribution >= 0.6 is 0 Å². The molecule has 0 fully saturated rings. The van der Waals surface area contributed by atoms with Gasteiger partial charge in [-0.05, 0) is 29.7 Å². The molecule has 2 aromatic carbocycles. The van der Waals surface area contributed by atoms with E-state index >= 15 is 0 Å². The fraction of sp³-hybridized carbons (Fsp3) is 0.0625. The summed E-state index contributed by atoms with van der Waals surface area (Å²) in [5.41, 5.74) is 0.617. The Bertz CT molecular complexity index is 727. The fourth-order valence-corrected chi connectivity index (χ4v) is 2.19. The van der Waals surface area contributed by atoms with E-state index in [2.05, 4.69) is 0 Å². The van der Waals surface area contributed by atoms with Crippen molar-refractivity contribution >= 4 is 16.6 Å². The number of carbonyl (C=O) groups excluding carboxylic acids is 1. The van der Waals surface area contributed by atoms with E-state index in [0.29, 0.717) is 11.3 Å². The number of fused-ring (bicyclic) bond motifs is 1. The van der Waals surface area contributed by atoms with Crippen molar-refractivity contribution in [2.24, 2.45) is 0 Å². The lowest BCUT2D eigenvalue weighted by Crippen LogP contribution is -2.01. The van der Waals surface area contributed by atoms with Gasteiger partial charge in [-0.15, -0.1) is 0 Å². The number of rotatable bonds is 3. The summed E-state index contributed by atoms with van der Waals surface area (Å²) in [6.45, 7) is 0. The van der Waals surface area contributed by atoms with Crippen LogP contribution in [0.1, 0.15) is 16.1 Å². The zero-order valence-electron chi connectivity index (χ0n) is 10.4. The SMILES string of the molecule is COc1ccc(C(=O)c2ccco2)c2ccccc12. The average molecular weight is 252 g/mol. The van der Waals surface area contributed by atoms with Gasteiger partial charge in [0.15, 0.2) is 5.76 Å². The molecule has 1 aromatic heterocycles. The third-order valence-corrected chi connectivity index (χ3v) is 3.09. The van der Waals surface area contributed by atoms with Gasteiger partial charge < -0.3 is 9.15 Å². The molecule has 3 aromatic rings. The predicted molar refractivity (Wildman–Crippen MR) is 72.6 cm³/mol. The number of methoxy groups -OCH3 is 1. The maximum Gasteiger partial charge on any atom is 0.228 e. The number of ketones is 1. The normalized spacial score (nSPS) is 10.6. The van der Waals surface area contributed by atoms with E-state index in [1.54, 1.807) is 31.4 Å². The number of furan rings is 1. The molecule has 0 amide bonds. The number of carbonyl (C=O) groups is 1. The summed E-state index contributed by atoms with van der Waals surface area (Å²) in [6, 6.07) is 14.6. The summed E-state index contributed by atoms with van der Waals surface area (Å²) < 4.78 is 10.5. The van der Waals surface area contributed by atoms with E-state index in [4.69, 9.17) is 9.15 Å². The van der Waals surface area contributed by atoms with E-state index in [0.717, 1.165) is 16.5 Å². The first-order valence-corrected chi connectivity index (χ1v) is 5.95. The average Bonchev–Trinajstić information content (AvgIpc) is 2.99. The lowest BCUT2D eigenvalue weighted by Gasteiger charge is -2.08. The summed E-state index contributed by atoms with van der Waals surface area (Å²) in [5.74, 6) is 0.978. The molecule has 0 unspecified atom stereocenters. The quantitative estimate of drug-likeness (QED) is 0.667. The van der Waals surface area contributed by atoms with Crippen LogP contribution in [0, 0.1) is 0 Å².